The average Bonchev–Trinajstić information content (AvgIpc) is 2.17. The SMILES string of the molecule is CC(C)=CCNC(=O)c1cc[nH]c(=O)c1. The third kappa shape index (κ3) is 3.81. The number of nitrogens with one attached hydrogen (secondary N) is 2. The lowest BCUT2D eigenvalue weighted by Crippen LogP contribution is -2.24. The van der Waals surface area contributed by atoms with Crippen molar-refractivity contribution in [3.8, 4) is 0 Å². The molecular formula is C11H14N2O2. The summed E-state index contributed by atoms with van der Waals surface area (Å²) in [7, 11) is 0. The van der Waals surface area contributed by atoms with Gasteiger partial charge in [-0.25, -0.2) is 0 Å². The van der Waals surface area contributed by atoms with Gasteiger partial charge in [-0.2, -0.15) is 0 Å². The number of allylic oxidation sites excluding steroid dienone is 1. The summed E-state index contributed by atoms with van der Waals surface area (Å²) in [5, 5.41) is 2.69. The van der Waals surface area contributed by atoms with Crippen LogP contribution < -0.4 is 10.9 Å². The molecular weight excluding hydrogens is 192 g/mol. The Morgan fingerprint density at radius 3 is 2.87 bits per heavy atom. The first kappa shape index (κ1) is 11.2. The first-order chi connectivity index (χ1) is 7.09. The smallest absolute Gasteiger partial charge is 0.251 e. The van der Waals surface area contributed by atoms with E-state index in [1.54, 1.807) is 6.07 Å². The van der Waals surface area contributed by atoms with Crippen molar-refractivity contribution in [1.29, 1.82) is 0 Å². The van der Waals surface area contributed by atoms with Crippen molar-refractivity contribution in [2.45, 2.75) is 13.8 Å². The molecule has 0 atom stereocenters. The Morgan fingerprint density at radius 1 is 1.53 bits per heavy atom. The van der Waals surface area contributed by atoms with Gasteiger partial charge in [0.1, 0.15) is 0 Å². The maximum Gasteiger partial charge on any atom is 0.251 e. The van der Waals surface area contributed by atoms with Crippen LogP contribution in [-0.2, 0) is 0 Å². The van der Waals surface area contributed by atoms with Crippen LogP contribution in [0.4, 0.5) is 0 Å². The first-order valence-corrected chi connectivity index (χ1v) is 4.70. The van der Waals surface area contributed by atoms with E-state index in [2.05, 4.69) is 10.3 Å². The molecule has 1 aromatic heterocycles. The van der Waals surface area contributed by atoms with Gasteiger partial charge in [-0.05, 0) is 19.9 Å². The highest BCUT2D eigenvalue weighted by Gasteiger charge is 2.03. The molecule has 1 heterocycles. The van der Waals surface area contributed by atoms with Crippen molar-refractivity contribution >= 4 is 5.91 Å². The molecule has 1 amide bonds. The highest BCUT2D eigenvalue weighted by atomic mass is 16.2. The molecule has 0 aromatic carbocycles. The van der Waals surface area contributed by atoms with Crippen LogP contribution in [-0.4, -0.2) is 17.4 Å². The predicted octanol–water partition coefficient (Wildman–Crippen LogP) is 1.07. The monoisotopic (exact) mass is 206 g/mol. The molecule has 0 bridgehead atoms. The molecule has 0 saturated carbocycles. The van der Waals surface area contributed by atoms with Crippen molar-refractivity contribution in [3.63, 3.8) is 0 Å². The molecule has 80 valence electrons. The molecule has 0 spiro atoms. The number of carbonyl (C=O) groups is 1. The molecule has 2 N–H and O–H groups in total. The maximum absolute atomic E-state index is 11.5. The molecule has 0 unspecified atom stereocenters. The van der Waals surface area contributed by atoms with Gasteiger partial charge in [0.05, 0.1) is 0 Å². The van der Waals surface area contributed by atoms with Gasteiger partial charge in [-0.3, -0.25) is 9.59 Å². The molecule has 0 saturated heterocycles. The summed E-state index contributed by atoms with van der Waals surface area (Å²) in [4.78, 5) is 24.9. The number of aromatic nitrogens is 1. The van der Waals surface area contributed by atoms with Gasteiger partial charge < -0.3 is 10.3 Å². The average molecular weight is 206 g/mol. The van der Waals surface area contributed by atoms with Crippen LogP contribution in [0.2, 0.25) is 0 Å². The number of aromatic amines is 1. The fraction of sp³-hybridized carbons (Fsp3) is 0.273. The predicted molar refractivity (Wildman–Crippen MR) is 58.8 cm³/mol. The minimum absolute atomic E-state index is 0.237. The zero-order valence-electron chi connectivity index (χ0n) is 8.83. The Morgan fingerprint density at radius 2 is 2.27 bits per heavy atom. The van der Waals surface area contributed by atoms with Gasteiger partial charge in [0.25, 0.3) is 5.91 Å². The Bertz CT molecular complexity index is 428. The molecule has 0 aliphatic rings. The van der Waals surface area contributed by atoms with E-state index in [4.69, 9.17) is 0 Å². The number of hydrogen-bond donors (Lipinski definition) is 2. The lowest BCUT2D eigenvalue weighted by atomic mass is 10.2. The Hall–Kier alpha value is -1.84. The van der Waals surface area contributed by atoms with Crippen molar-refractivity contribution in [2.24, 2.45) is 0 Å². The van der Waals surface area contributed by atoms with Crippen molar-refractivity contribution in [1.82, 2.24) is 10.3 Å². The van der Waals surface area contributed by atoms with Crippen molar-refractivity contribution < 1.29 is 4.79 Å². The molecule has 0 aliphatic heterocycles. The molecule has 1 aromatic rings. The summed E-state index contributed by atoms with van der Waals surface area (Å²) in [6.07, 6.45) is 3.36. The minimum atomic E-state index is -0.273. The van der Waals surface area contributed by atoms with Gasteiger partial charge in [-0.1, -0.05) is 11.6 Å². The Labute approximate surface area is 88.0 Å². The second kappa shape index (κ2) is 5.14. The summed E-state index contributed by atoms with van der Waals surface area (Å²) < 4.78 is 0. The molecule has 1 rings (SSSR count). The second-order valence-electron chi connectivity index (χ2n) is 3.43. The van der Waals surface area contributed by atoms with Crippen LogP contribution in [0, 0.1) is 0 Å². The third-order valence-corrected chi connectivity index (χ3v) is 1.81. The molecule has 0 aliphatic carbocycles. The van der Waals surface area contributed by atoms with Crippen LogP contribution in [0.3, 0.4) is 0 Å². The number of carbonyl (C=O) groups excluding carboxylic acids is 1. The fourth-order valence-electron chi connectivity index (χ4n) is 1.04. The van der Waals surface area contributed by atoms with Gasteiger partial charge in [0, 0.05) is 24.4 Å². The van der Waals surface area contributed by atoms with Crippen molar-refractivity contribution in [2.75, 3.05) is 6.54 Å². The quantitative estimate of drug-likeness (QED) is 0.727. The zero-order valence-corrected chi connectivity index (χ0v) is 8.83. The summed E-state index contributed by atoms with van der Waals surface area (Å²) in [6, 6.07) is 2.84. The van der Waals surface area contributed by atoms with Gasteiger partial charge >= 0.3 is 0 Å². The topological polar surface area (TPSA) is 62.0 Å². The fourth-order valence-corrected chi connectivity index (χ4v) is 1.04. The standard InChI is InChI=1S/C11H14N2O2/c1-8(2)3-5-13-11(15)9-4-6-12-10(14)7-9/h3-4,6-7H,5H2,1-2H3,(H,12,14)(H,13,15). The van der Waals surface area contributed by atoms with E-state index < -0.39 is 0 Å². The highest BCUT2D eigenvalue weighted by Crippen LogP contribution is 1.93. The zero-order chi connectivity index (χ0) is 11.3. The second-order valence-corrected chi connectivity index (χ2v) is 3.43. The Balaban J connectivity index is 2.62. The number of rotatable bonds is 3. The number of hydrogen-bond acceptors (Lipinski definition) is 2. The summed E-state index contributed by atoms with van der Waals surface area (Å²) >= 11 is 0. The normalized spacial score (nSPS) is 9.47. The van der Waals surface area contributed by atoms with E-state index in [0.717, 1.165) is 5.57 Å². The van der Waals surface area contributed by atoms with E-state index >= 15 is 0 Å². The summed E-state index contributed by atoms with van der Waals surface area (Å²) in [5.74, 6) is -0.237. The third-order valence-electron chi connectivity index (χ3n) is 1.81. The number of pyridine rings is 1. The Kier molecular flexibility index (Phi) is 3.85. The van der Waals surface area contributed by atoms with Crippen LogP contribution in [0.5, 0.6) is 0 Å². The minimum Gasteiger partial charge on any atom is -0.349 e. The molecule has 4 nitrogen and oxygen atoms in total. The van der Waals surface area contributed by atoms with Crippen LogP contribution >= 0.6 is 0 Å². The molecule has 0 radical (unpaired) electrons. The molecule has 15 heavy (non-hydrogen) atoms. The van der Waals surface area contributed by atoms with Crippen LogP contribution in [0.15, 0.2) is 34.8 Å². The summed E-state index contributed by atoms with van der Waals surface area (Å²) in [5.41, 5.74) is 1.24. The lowest BCUT2D eigenvalue weighted by Gasteiger charge is -2.01. The van der Waals surface area contributed by atoms with Crippen LogP contribution in [0.25, 0.3) is 0 Å². The van der Waals surface area contributed by atoms with Crippen molar-refractivity contribution in [3.05, 3.63) is 45.9 Å². The highest BCUT2D eigenvalue weighted by molar-refractivity contribution is 5.94. The van der Waals surface area contributed by atoms with Gasteiger partial charge in [-0.15, -0.1) is 0 Å². The van der Waals surface area contributed by atoms with E-state index in [1.165, 1.54) is 12.3 Å². The largest absolute Gasteiger partial charge is 0.349 e. The molecule has 4 heteroatoms. The van der Waals surface area contributed by atoms with Crippen LogP contribution in [0.1, 0.15) is 24.2 Å². The van der Waals surface area contributed by atoms with E-state index in [-0.39, 0.29) is 11.5 Å². The number of H-pyrrole nitrogens is 1. The van der Waals surface area contributed by atoms with Gasteiger partial charge in [0.2, 0.25) is 5.56 Å². The molecule has 0 fully saturated rings. The van der Waals surface area contributed by atoms with E-state index in [1.807, 2.05) is 19.9 Å². The van der Waals surface area contributed by atoms with Gasteiger partial charge in [0.15, 0.2) is 0 Å². The van der Waals surface area contributed by atoms with E-state index in [0.29, 0.717) is 12.1 Å². The first-order valence-electron chi connectivity index (χ1n) is 4.70. The maximum atomic E-state index is 11.5. The lowest BCUT2D eigenvalue weighted by molar-refractivity contribution is 0.0957. The number of amides is 1. The summed E-state index contributed by atoms with van der Waals surface area (Å²) in [6.45, 7) is 4.40. The van der Waals surface area contributed by atoms with E-state index in [9.17, 15) is 9.59 Å².